The molecule has 1 atom stereocenters. The van der Waals surface area contributed by atoms with Crippen LogP contribution in [0.2, 0.25) is 0 Å². The first-order valence-corrected chi connectivity index (χ1v) is 9.70. The van der Waals surface area contributed by atoms with Gasteiger partial charge in [-0.05, 0) is 42.7 Å². The molecule has 0 bridgehead atoms. The van der Waals surface area contributed by atoms with Gasteiger partial charge in [0.25, 0.3) is 0 Å². The molecule has 0 saturated carbocycles. The molecule has 1 saturated heterocycles. The van der Waals surface area contributed by atoms with Gasteiger partial charge in [-0.1, -0.05) is 18.6 Å². The van der Waals surface area contributed by atoms with Crippen LogP contribution >= 0.6 is 0 Å². The number of rotatable bonds is 4. The molecular weight excluding hydrogens is 423 g/mol. The summed E-state index contributed by atoms with van der Waals surface area (Å²) in [6.45, 7) is 4.69. The predicted molar refractivity (Wildman–Crippen MR) is 112 cm³/mol. The normalized spacial score (nSPS) is 15.8. The number of hydrogen-bond acceptors (Lipinski definition) is 5. The average Bonchev–Trinajstić information content (AvgIpc) is 3.38. The van der Waals surface area contributed by atoms with Gasteiger partial charge < -0.3 is 19.9 Å². The lowest BCUT2D eigenvalue weighted by molar-refractivity contribution is -0.274. The summed E-state index contributed by atoms with van der Waals surface area (Å²) in [5, 5.41) is 4.06. The molecule has 2 N–H and O–H groups in total. The van der Waals surface area contributed by atoms with Crippen molar-refractivity contribution in [1.29, 1.82) is 0 Å². The van der Waals surface area contributed by atoms with Gasteiger partial charge >= 0.3 is 6.36 Å². The molecule has 0 spiro atoms. The Morgan fingerprint density at radius 2 is 2.16 bits per heavy atom. The summed E-state index contributed by atoms with van der Waals surface area (Å²) in [5.74, 6) is 5.87. The van der Waals surface area contributed by atoms with Gasteiger partial charge in [0.15, 0.2) is 0 Å². The van der Waals surface area contributed by atoms with E-state index in [9.17, 15) is 18.0 Å². The number of amides is 1. The SMILES string of the molecule is C=CC(=O)N1CCC(Nc2ncnc3[nH]c(C#Cc4cccc(OC(F)(F)F)c4)cc23)C1. The Balaban J connectivity index is 1.52. The van der Waals surface area contributed by atoms with Crippen LogP contribution in [0.1, 0.15) is 17.7 Å². The molecule has 3 heterocycles. The van der Waals surface area contributed by atoms with Crippen LogP contribution in [0.5, 0.6) is 5.75 Å². The second kappa shape index (κ2) is 8.63. The van der Waals surface area contributed by atoms with Gasteiger partial charge in [0.05, 0.1) is 11.1 Å². The number of aromatic nitrogens is 3. The highest BCUT2D eigenvalue weighted by Crippen LogP contribution is 2.24. The number of fused-ring (bicyclic) bond motifs is 1. The van der Waals surface area contributed by atoms with Gasteiger partial charge in [-0.25, -0.2) is 9.97 Å². The zero-order valence-corrected chi connectivity index (χ0v) is 16.7. The van der Waals surface area contributed by atoms with Crippen molar-refractivity contribution in [3.63, 3.8) is 0 Å². The monoisotopic (exact) mass is 441 g/mol. The molecular formula is C22H18F3N5O2. The summed E-state index contributed by atoms with van der Waals surface area (Å²) in [7, 11) is 0. The Morgan fingerprint density at radius 1 is 1.31 bits per heavy atom. The predicted octanol–water partition coefficient (Wildman–Crippen LogP) is 3.46. The van der Waals surface area contributed by atoms with Crippen molar-refractivity contribution >= 4 is 22.8 Å². The fourth-order valence-electron chi connectivity index (χ4n) is 3.43. The van der Waals surface area contributed by atoms with Crippen molar-refractivity contribution in [2.45, 2.75) is 18.8 Å². The lowest BCUT2D eigenvalue weighted by Gasteiger charge is -2.15. The van der Waals surface area contributed by atoms with Gasteiger partial charge in [0.1, 0.15) is 23.5 Å². The third kappa shape index (κ3) is 5.00. The van der Waals surface area contributed by atoms with Crippen molar-refractivity contribution in [3.8, 4) is 17.6 Å². The summed E-state index contributed by atoms with van der Waals surface area (Å²) in [4.78, 5) is 25.1. The van der Waals surface area contributed by atoms with Crippen molar-refractivity contribution < 1.29 is 22.7 Å². The highest BCUT2D eigenvalue weighted by atomic mass is 19.4. The van der Waals surface area contributed by atoms with Crippen LogP contribution in [0, 0.1) is 11.8 Å². The lowest BCUT2D eigenvalue weighted by atomic mass is 10.2. The van der Waals surface area contributed by atoms with E-state index in [-0.39, 0.29) is 17.7 Å². The molecule has 1 fully saturated rings. The van der Waals surface area contributed by atoms with E-state index in [1.54, 1.807) is 17.0 Å². The Hall–Kier alpha value is -4.00. The maximum atomic E-state index is 12.4. The van der Waals surface area contributed by atoms with Crippen molar-refractivity contribution in [3.05, 3.63) is 60.6 Å². The van der Waals surface area contributed by atoms with E-state index < -0.39 is 6.36 Å². The molecule has 7 nitrogen and oxygen atoms in total. The fraction of sp³-hybridized carbons (Fsp3) is 0.227. The smallest absolute Gasteiger partial charge is 0.406 e. The molecule has 1 aliphatic heterocycles. The Kier molecular flexibility index (Phi) is 5.73. The maximum Gasteiger partial charge on any atom is 0.573 e. The van der Waals surface area contributed by atoms with Gasteiger partial charge in [-0.3, -0.25) is 4.79 Å². The zero-order chi connectivity index (χ0) is 22.7. The molecule has 10 heteroatoms. The first-order chi connectivity index (χ1) is 15.3. The minimum Gasteiger partial charge on any atom is -0.406 e. The van der Waals surface area contributed by atoms with E-state index in [0.717, 1.165) is 11.8 Å². The number of anilines is 1. The minimum atomic E-state index is -4.76. The molecule has 3 aromatic rings. The molecule has 1 amide bonds. The van der Waals surface area contributed by atoms with Crippen LogP contribution in [-0.2, 0) is 4.79 Å². The van der Waals surface area contributed by atoms with Crippen molar-refractivity contribution in [2.75, 3.05) is 18.4 Å². The molecule has 1 aromatic carbocycles. The largest absolute Gasteiger partial charge is 0.573 e. The van der Waals surface area contributed by atoms with Crippen molar-refractivity contribution in [1.82, 2.24) is 19.9 Å². The first-order valence-electron chi connectivity index (χ1n) is 9.70. The number of benzene rings is 1. The molecule has 2 aromatic heterocycles. The fourth-order valence-corrected chi connectivity index (χ4v) is 3.43. The zero-order valence-electron chi connectivity index (χ0n) is 16.7. The number of likely N-dealkylation sites (tertiary alicyclic amines) is 1. The summed E-state index contributed by atoms with van der Waals surface area (Å²) >= 11 is 0. The number of carbonyl (C=O) groups is 1. The maximum absolute atomic E-state index is 12.4. The molecule has 1 unspecified atom stereocenters. The number of alkyl halides is 3. The van der Waals surface area contributed by atoms with Gasteiger partial charge in [0.2, 0.25) is 5.91 Å². The molecule has 164 valence electrons. The third-order valence-corrected chi connectivity index (χ3v) is 4.85. The Labute approximate surface area is 181 Å². The number of halogens is 3. The number of nitrogens with zero attached hydrogens (tertiary/aromatic N) is 3. The summed E-state index contributed by atoms with van der Waals surface area (Å²) in [6.07, 6.45) is -1.27. The van der Waals surface area contributed by atoms with Crippen LogP contribution < -0.4 is 10.1 Å². The standard InChI is InChI=1S/C22H18F3N5O2/c1-2-19(31)30-9-8-16(12-30)29-21-18-11-15(28-20(18)26-13-27-21)7-6-14-4-3-5-17(10-14)32-22(23,24)25/h2-5,10-11,13,16H,1,8-9,12H2,(H2,26,27,28,29). The van der Waals surface area contributed by atoms with Crippen molar-refractivity contribution in [2.24, 2.45) is 0 Å². The third-order valence-electron chi connectivity index (χ3n) is 4.85. The van der Waals surface area contributed by atoms with Crippen LogP contribution in [0.15, 0.2) is 49.3 Å². The number of nitrogens with one attached hydrogen (secondary N) is 2. The van der Waals surface area contributed by atoms with E-state index in [2.05, 4.69) is 43.4 Å². The summed E-state index contributed by atoms with van der Waals surface area (Å²) < 4.78 is 41.1. The van der Waals surface area contributed by atoms with Gasteiger partial charge in [-0.15, -0.1) is 13.2 Å². The number of hydrogen-bond donors (Lipinski definition) is 2. The lowest BCUT2D eigenvalue weighted by Crippen LogP contribution is -2.30. The minimum absolute atomic E-state index is 0.0396. The Bertz CT molecular complexity index is 1230. The topological polar surface area (TPSA) is 83.1 Å². The van der Waals surface area contributed by atoms with Gasteiger partial charge in [0, 0.05) is 24.7 Å². The molecule has 4 rings (SSSR count). The average molecular weight is 441 g/mol. The van der Waals surface area contributed by atoms with E-state index in [4.69, 9.17) is 0 Å². The molecule has 0 aliphatic carbocycles. The summed E-state index contributed by atoms with van der Waals surface area (Å²) in [5.41, 5.74) is 1.46. The second-order valence-electron chi connectivity index (χ2n) is 7.11. The second-order valence-corrected chi connectivity index (χ2v) is 7.11. The van der Waals surface area contributed by atoms with Crippen LogP contribution in [-0.4, -0.2) is 51.3 Å². The number of carbonyl (C=O) groups excluding carboxylic acids is 1. The number of H-pyrrole nitrogens is 1. The molecule has 0 radical (unpaired) electrons. The molecule has 1 aliphatic rings. The van der Waals surface area contributed by atoms with Crippen LogP contribution in [0.25, 0.3) is 11.0 Å². The molecule has 32 heavy (non-hydrogen) atoms. The first kappa shape index (κ1) is 21.2. The number of aromatic amines is 1. The summed E-state index contributed by atoms with van der Waals surface area (Å²) in [6, 6.07) is 7.25. The van der Waals surface area contributed by atoms with E-state index in [1.807, 2.05) is 0 Å². The van der Waals surface area contributed by atoms with Crippen LogP contribution in [0.3, 0.4) is 0 Å². The highest BCUT2D eigenvalue weighted by molar-refractivity contribution is 5.89. The van der Waals surface area contributed by atoms with E-state index in [1.165, 1.54) is 30.6 Å². The Morgan fingerprint density at radius 3 is 2.94 bits per heavy atom. The van der Waals surface area contributed by atoms with E-state index >= 15 is 0 Å². The van der Waals surface area contributed by atoms with E-state index in [0.29, 0.717) is 35.8 Å². The quantitative estimate of drug-likeness (QED) is 0.479. The van der Waals surface area contributed by atoms with Gasteiger partial charge in [-0.2, -0.15) is 0 Å². The number of ether oxygens (including phenoxy) is 1. The van der Waals surface area contributed by atoms with Crippen LogP contribution in [0.4, 0.5) is 19.0 Å². The highest BCUT2D eigenvalue weighted by Gasteiger charge is 2.31.